The van der Waals surface area contributed by atoms with Crippen LogP contribution >= 0.6 is 11.6 Å². The van der Waals surface area contributed by atoms with E-state index in [-0.39, 0.29) is 31.4 Å². The molecule has 0 aromatic carbocycles. The summed E-state index contributed by atoms with van der Waals surface area (Å²) in [7, 11) is 0. The summed E-state index contributed by atoms with van der Waals surface area (Å²) in [5.74, 6) is 0.881. The van der Waals surface area contributed by atoms with Gasteiger partial charge in [0.25, 0.3) is 5.88 Å². The van der Waals surface area contributed by atoms with Crippen LogP contribution in [-0.2, 0) is 19.1 Å². The highest BCUT2D eigenvalue weighted by atomic mass is 35.5. The van der Waals surface area contributed by atoms with Crippen molar-refractivity contribution in [2.45, 2.75) is 118 Å². The van der Waals surface area contributed by atoms with Gasteiger partial charge < -0.3 is 37.7 Å². The molecule has 20 nitrogen and oxygen atoms in total. The summed E-state index contributed by atoms with van der Waals surface area (Å²) >= 11 is 5.73. The fourth-order valence-electron chi connectivity index (χ4n) is 6.38. The second-order valence-corrected chi connectivity index (χ2v) is 16.9. The summed E-state index contributed by atoms with van der Waals surface area (Å²) in [5, 5.41) is 18.6. The number of fused-ring (bicyclic) bond motifs is 3. The SMILES string of the molecule is CC(=O)[C@@H]1CC(Oc2nccc3nc(C)oc23)CN1C(=O)OC(C)(C)C.CC(C)(C)OC(=O)N1CC(O)C[C@H]1C(=O)O.Cc1nc2ccnc(Cl)c2o1.Cc1nc2ccncc2o1. The first-order valence-corrected chi connectivity index (χ1v) is 20.2. The Morgan fingerprint density at radius 3 is 1.81 bits per heavy atom. The summed E-state index contributed by atoms with van der Waals surface area (Å²) < 4.78 is 32.4. The van der Waals surface area contributed by atoms with Crippen molar-refractivity contribution < 1.29 is 56.9 Å². The molecule has 2 unspecified atom stereocenters. The fourth-order valence-corrected chi connectivity index (χ4v) is 6.57. The van der Waals surface area contributed by atoms with Gasteiger partial charge in [-0.15, -0.1) is 0 Å². The normalized spacial score (nSPS) is 18.5. The average Bonchev–Trinajstić information content (AvgIpc) is 4.00. The number of pyridine rings is 3. The maximum absolute atomic E-state index is 12.4. The third-order valence-corrected chi connectivity index (χ3v) is 9.14. The molecule has 8 heterocycles. The number of carbonyl (C=O) groups excluding carboxylic acids is 3. The number of ether oxygens (including phenoxy) is 3. The molecule has 0 radical (unpaired) electrons. The second-order valence-electron chi connectivity index (χ2n) is 16.6. The van der Waals surface area contributed by atoms with Gasteiger partial charge in [-0.25, -0.2) is 39.3 Å². The van der Waals surface area contributed by atoms with Gasteiger partial charge in [0.15, 0.2) is 39.8 Å². The minimum absolute atomic E-state index is 0.00583. The molecular weight excluding hydrogens is 844 g/mol. The lowest BCUT2D eigenvalue weighted by Crippen LogP contribution is -2.43. The van der Waals surface area contributed by atoms with Gasteiger partial charge in [0, 0.05) is 52.2 Å². The van der Waals surface area contributed by atoms with E-state index >= 15 is 0 Å². The van der Waals surface area contributed by atoms with Gasteiger partial charge in [0.1, 0.15) is 39.9 Å². The molecule has 2 N–H and O–H groups in total. The quantitative estimate of drug-likeness (QED) is 0.168. The number of amides is 2. The number of carbonyl (C=O) groups is 4. The number of hydrogen-bond donors (Lipinski definition) is 2. The van der Waals surface area contributed by atoms with Crippen LogP contribution in [0.2, 0.25) is 5.15 Å². The molecule has 0 bridgehead atoms. The summed E-state index contributed by atoms with van der Waals surface area (Å²) in [6.45, 7) is 17.5. The number of hydrogen-bond acceptors (Lipinski definition) is 17. The zero-order valence-corrected chi connectivity index (χ0v) is 37.4. The Labute approximate surface area is 366 Å². The molecule has 0 spiro atoms. The van der Waals surface area contributed by atoms with Gasteiger partial charge in [-0.1, -0.05) is 11.6 Å². The molecule has 21 heteroatoms. The van der Waals surface area contributed by atoms with Gasteiger partial charge in [0.2, 0.25) is 5.58 Å². The molecular formula is C42H51ClN8O12. The topological polar surface area (TPSA) is 260 Å². The standard InChI is InChI=1S/C18H23N3O5.C10H17NO5.C7H5ClN2O.C7H6N2O/c1-10(22)14-8-12(9-21(14)17(23)26-18(3,4)5)25-16-15-13(6-7-19-16)20-11(2)24-15;1-10(2,3)16-9(15)11-5-6(12)4-7(11)8(13)14;1-4-10-5-2-3-9-7(8)6(5)11-4;1-5-9-6-2-3-8-4-7(6)10-5/h6-7,12,14H,8-9H2,1-5H3;6-7,12H,4-5H2,1-3H3,(H,13,14);2-3H,1H3;2-4H,1H3/t12?,14-;6?,7-;;/m00../s1. The van der Waals surface area contributed by atoms with Crippen LogP contribution in [0.5, 0.6) is 5.88 Å². The number of oxazole rings is 3. The van der Waals surface area contributed by atoms with E-state index in [0.717, 1.165) is 21.5 Å². The number of ketones is 1. The number of halogens is 1. The Bertz CT molecular complexity index is 2530. The second kappa shape index (κ2) is 19.7. The van der Waals surface area contributed by atoms with Crippen molar-refractivity contribution in [1.82, 2.24) is 39.7 Å². The lowest BCUT2D eigenvalue weighted by molar-refractivity contribution is -0.142. The van der Waals surface area contributed by atoms with E-state index < -0.39 is 47.5 Å². The van der Waals surface area contributed by atoms with E-state index in [9.17, 15) is 24.3 Å². The fraction of sp³-hybridized carbons (Fsp3) is 0.476. The third kappa shape index (κ3) is 13.1. The lowest BCUT2D eigenvalue weighted by atomic mass is 10.1. The molecule has 63 heavy (non-hydrogen) atoms. The number of aliphatic hydroxyl groups is 1. The van der Waals surface area contributed by atoms with E-state index in [1.807, 2.05) is 13.0 Å². The highest BCUT2D eigenvalue weighted by molar-refractivity contribution is 6.33. The Kier molecular flexibility index (Phi) is 14.9. The summed E-state index contributed by atoms with van der Waals surface area (Å²) in [5.41, 5.74) is 2.73. The Morgan fingerprint density at radius 2 is 1.25 bits per heavy atom. The number of carboxylic acid groups (broad SMARTS) is 1. The first kappa shape index (κ1) is 47.6. The van der Waals surface area contributed by atoms with E-state index in [4.69, 9.17) is 44.2 Å². The Morgan fingerprint density at radius 1 is 0.730 bits per heavy atom. The number of nitrogens with zero attached hydrogens (tertiary/aromatic N) is 8. The van der Waals surface area contributed by atoms with Crippen LogP contribution in [-0.4, -0.2) is 122 Å². The predicted molar refractivity (Wildman–Crippen MR) is 226 cm³/mol. The van der Waals surface area contributed by atoms with Gasteiger partial charge in [0.05, 0.1) is 31.4 Å². The maximum atomic E-state index is 12.4. The molecule has 2 fully saturated rings. The molecule has 2 saturated heterocycles. The average molecular weight is 895 g/mol. The van der Waals surface area contributed by atoms with Crippen LogP contribution < -0.4 is 4.74 Å². The van der Waals surface area contributed by atoms with E-state index in [1.165, 1.54) is 11.8 Å². The number of carboxylic acids is 1. The summed E-state index contributed by atoms with van der Waals surface area (Å²) in [6.07, 6.45) is 4.57. The van der Waals surface area contributed by atoms with Gasteiger partial charge in [-0.2, -0.15) is 0 Å². The lowest BCUT2D eigenvalue weighted by Gasteiger charge is -2.27. The summed E-state index contributed by atoms with van der Waals surface area (Å²) in [4.78, 5) is 73.8. The molecule has 2 amide bonds. The van der Waals surface area contributed by atoms with Gasteiger partial charge >= 0.3 is 18.2 Å². The number of β-amino-alcohol motifs (C(OH)–C–C–N with tert-alkyl or cyclic N) is 1. The minimum atomic E-state index is -1.12. The van der Waals surface area contributed by atoms with Crippen LogP contribution in [0.25, 0.3) is 33.3 Å². The van der Waals surface area contributed by atoms with Gasteiger partial charge in [-0.05, 0) is 66.7 Å². The molecule has 6 aromatic heterocycles. The zero-order chi connectivity index (χ0) is 46.4. The highest BCUT2D eigenvalue weighted by Gasteiger charge is 2.42. The molecule has 2 aliphatic heterocycles. The van der Waals surface area contributed by atoms with Crippen LogP contribution in [0.1, 0.15) is 79.0 Å². The summed E-state index contributed by atoms with van der Waals surface area (Å²) in [6, 6.07) is 3.75. The minimum Gasteiger partial charge on any atom is -0.480 e. The molecule has 0 aliphatic carbocycles. The number of rotatable bonds is 4. The highest BCUT2D eigenvalue weighted by Crippen LogP contribution is 2.30. The zero-order valence-electron chi connectivity index (χ0n) is 36.6. The molecule has 338 valence electrons. The molecule has 6 aromatic rings. The Hall–Kier alpha value is -6.41. The van der Waals surface area contributed by atoms with Crippen LogP contribution in [0.15, 0.2) is 56.2 Å². The Balaban J connectivity index is 0.000000171. The van der Waals surface area contributed by atoms with Crippen LogP contribution in [0.4, 0.5) is 9.59 Å². The van der Waals surface area contributed by atoms with Crippen molar-refractivity contribution >= 4 is 68.8 Å². The maximum Gasteiger partial charge on any atom is 0.411 e. The first-order valence-electron chi connectivity index (χ1n) is 19.8. The molecule has 2 aliphatic rings. The number of aliphatic carboxylic acids is 1. The monoisotopic (exact) mass is 894 g/mol. The third-order valence-electron chi connectivity index (χ3n) is 8.88. The van der Waals surface area contributed by atoms with E-state index in [2.05, 4.69) is 29.9 Å². The number of aryl methyl sites for hydroxylation is 3. The number of aromatic nitrogens is 6. The van der Waals surface area contributed by atoms with Crippen LogP contribution in [0.3, 0.4) is 0 Å². The first-order chi connectivity index (χ1) is 29.5. The van der Waals surface area contributed by atoms with Crippen molar-refractivity contribution in [3.05, 3.63) is 65.8 Å². The van der Waals surface area contributed by atoms with Crippen molar-refractivity contribution in [3.8, 4) is 5.88 Å². The number of aliphatic hydroxyl groups excluding tert-OH is 1. The van der Waals surface area contributed by atoms with Crippen molar-refractivity contribution in [1.29, 1.82) is 0 Å². The molecule has 4 atom stereocenters. The number of Topliss-reactive ketones (excluding diaryl/α,β-unsaturated/α-hetero) is 1. The van der Waals surface area contributed by atoms with E-state index in [0.29, 0.717) is 51.8 Å². The van der Waals surface area contributed by atoms with Gasteiger partial charge in [-0.3, -0.25) is 19.6 Å². The van der Waals surface area contributed by atoms with Crippen molar-refractivity contribution in [3.63, 3.8) is 0 Å². The van der Waals surface area contributed by atoms with E-state index in [1.54, 1.807) is 92.3 Å². The smallest absolute Gasteiger partial charge is 0.411 e. The van der Waals surface area contributed by atoms with Crippen molar-refractivity contribution in [2.24, 2.45) is 0 Å². The predicted octanol–water partition coefficient (Wildman–Crippen LogP) is 7.03. The number of likely N-dealkylation sites (tertiary alicyclic amines) is 2. The largest absolute Gasteiger partial charge is 0.480 e. The van der Waals surface area contributed by atoms with Crippen LogP contribution in [0, 0.1) is 20.8 Å². The molecule has 8 rings (SSSR count). The molecule has 0 saturated carbocycles. The van der Waals surface area contributed by atoms with Crippen molar-refractivity contribution in [2.75, 3.05) is 13.1 Å².